The molecule has 0 aliphatic heterocycles. The van der Waals surface area contributed by atoms with Crippen LogP contribution in [0.1, 0.15) is 6.42 Å². The highest BCUT2D eigenvalue weighted by Gasteiger charge is 1.94. The lowest BCUT2D eigenvalue weighted by molar-refractivity contribution is 0.889. The second-order valence-electron chi connectivity index (χ2n) is 3.08. The van der Waals surface area contributed by atoms with Gasteiger partial charge in [0.15, 0.2) is 0 Å². The molecule has 0 spiro atoms. The van der Waals surface area contributed by atoms with E-state index >= 15 is 0 Å². The number of fused-ring (bicyclic) bond motifs is 1. The van der Waals surface area contributed by atoms with E-state index in [0.29, 0.717) is 0 Å². The summed E-state index contributed by atoms with van der Waals surface area (Å²) in [4.78, 5) is 0. The van der Waals surface area contributed by atoms with Crippen LogP contribution in [-0.2, 0) is 7.05 Å². The number of aryl methyl sites for hydroxylation is 1. The molecule has 1 aromatic heterocycles. The van der Waals surface area contributed by atoms with Crippen LogP contribution in [0.25, 0.3) is 12.2 Å². The third-order valence-corrected chi connectivity index (χ3v) is 2.17. The normalized spacial score (nSPS) is 15.2. The molecule has 0 aromatic carbocycles. The van der Waals surface area contributed by atoms with Crippen molar-refractivity contribution in [2.24, 2.45) is 12.8 Å². The van der Waals surface area contributed by atoms with Crippen molar-refractivity contribution in [3.05, 3.63) is 34.6 Å². The van der Waals surface area contributed by atoms with Crippen molar-refractivity contribution in [1.29, 1.82) is 0 Å². The molecule has 0 amide bonds. The first-order valence-electron chi connectivity index (χ1n) is 4.05. The van der Waals surface area contributed by atoms with Gasteiger partial charge in [-0.25, -0.2) is 0 Å². The maximum absolute atomic E-state index is 5.71. The van der Waals surface area contributed by atoms with Gasteiger partial charge in [0.2, 0.25) is 0 Å². The van der Waals surface area contributed by atoms with Crippen molar-refractivity contribution in [3.63, 3.8) is 0 Å². The van der Waals surface area contributed by atoms with Crippen LogP contribution in [0, 0.1) is 0 Å². The third-order valence-electron chi connectivity index (χ3n) is 2.17. The minimum absolute atomic E-state index is 0.855. The Morgan fingerprint density at radius 1 is 1.42 bits per heavy atom. The quantitative estimate of drug-likeness (QED) is 0.561. The molecule has 0 atom stereocenters. The Morgan fingerprint density at radius 3 is 3.08 bits per heavy atom. The van der Waals surface area contributed by atoms with Gasteiger partial charge < -0.3 is 10.3 Å². The van der Waals surface area contributed by atoms with Crippen LogP contribution in [0.2, 0.25) is 0 Å². The molecule has 62 valence electrons. The summed E-state index contributed by atoms with van der Waals surface area (Å²) < 4.78 is 2.10. The summed E-state index contributed by atoms with van der Waals surface area (Å²) in [7, 11) is 2.04. The fraction of sp³-hybridized carbons (Fsp3) is 0.200. The fourth-order valence-corrected chi connectivity index (χ4v) is 1.43. The third kappa shape index (κ3) is 1.05. The molecule has 12 heavy (non-hydrogen) atoms. The summed E-state index contributed by atoms with van der Waals surface area (Å²) >= 11 is 0. The number of nitrogens with zero attached hydrogens (tertiary/aromatic N) is 1. The van der Waals surface area contributed by atoms with E-state index in [1.165, 1.54) is 10.6 Å². The van der Waals surface area contributed by atoms with E-state index in [2.05, 4.69) is 29.0 Å². The van der Waals surface area contributed by atoms with Crippen LogP contribution >= 0.6 is 0 Å². The number of allylic oxidation sites excluding steroid dienone is 2. The molecule has 0 bridgehead atoms. The molecule has 0 fully saturated rings. The van der Waals surface area contributed by atoms with Gasteiger partial charge in [0.05, 0.1) is 0 Å². The Morgan fingerprint density at radius 2 is 2.25 bits per heavy atom. The molecule has 1 heterocycles. The minimum Gasteiger partial charge on any atom is -0.402 e. The second kappa shape index (κ2) is 2.55. The van der Waals surface area contributed by atoms with Gasteiger partial charge in [0.1, 0.15) is 0 Å². The molecule has 2 N–H and O–H groups in total. The molecular formula is C10H12N2. The number of hydrogen-bond donors (Lipinski definition) is 1. The van der Waals surface area contributed by atoms with Crippen LogP contribution in [0.4, 0.5) is 0 Å². The monoisotopic (exact) mass is 160 g/mol. The minimum atomic E-state index is 0.855. The van der Waals surface area contributed by atoms with Crippen molar-refractivity contribution in [2.45, 2.75) is 6.42 Å². The van der Waals surface area contributed by atoms with E-state index in [4.69, 9.17) is 5.73 Å². The predicted octanol–water partition coefficient (Wildman–Crippen LogP) is -0.168. The zero-order valence-electron chi connectivity index (χ0n) is 7.12. The van der Waals surface area contributed by atoms with Crippen molar-refractivity contribution < 1.29 is 0 Å². The van der Waals surface area contributed by atoms with Crippen LogP contribution in [0.15, 0.2) is 24.0 Å². The van der Waals surface area contributed by atoms with Crippen LogP contribution < -0.4 is 16.3 Å². The van der Waals surface area contributed by atoms with Gasteiger partial charge in [-0.05, 0) is 23.4 Å². The summed E-state index contributed by atoms with van der Waals surface area (Å²) in [6.45, 7) is 0. The van der Waals surface area contributed by atoms with Crippen molar-refractivity contribution in [2.75, 3.05) is 0 Å². The van der Waals surface area contributed by atoms with E-state index in [0.717, 1.165) is 12.1 Å². The zero-order chi connectivity index (χ0) is 8.55. The van der Waals surface area contributed by atoms with Gasteiger partial charge >= 0.3 is 0 Å². The van der Waals surface area contributed by atoms with Gasteiger partial charge in [0.25, 0.3) is 0 Å². The van der Waals surface area contributed by atoms with Crippen LogP contribution in [0.3, 0.4) is 0 Å². The molecule has 2 rings (SSSR count). The SMILES string of the molecule is Cn1ccc2c1=CC=C(N)CC=2. The second-order valence-corrected chi connectivity index (χ2v) is 3.08. The number of nitrogens with two attached hydrogens (primary N) is 1. The Kier molecular flexibility index (Phi) is 1.54. The molecule has 1 aromatic rings. The van der Waals surface area contributed by atoms with E-state index in [1.54, 1.807) is 0 Å². The van der Waals surface area contributed by atoms with Crippen molar-refractivity contribution in [1.82, 2.24) is 4.57 Å². The highest BCUT2D eigenvalue weighted by molar-refractivity contribution is 5.45. The Labute approximate surface area is 71.3 Å². The predicted molar refractivity (Wildman–Crippen MR) is 50.5 cm³/mol. The van der Waals surface area contributed by atoms with Gasteiger partial charge in [-0.1, -0.05) is 6.08 Å². The molecule has 0 radical (unpaired) electrons. The van der Waals surface area contributed by atoms with Crippen molar-refractivity contribution in [3.8, 4) is 0 Å². The van der Waals surface area contributed by atoms with E-state index < -0.39 is 0 Å². The van der Waals surface area contributed by atoms with E-state index in [9.17, 15) is 0 Å². The number of hydrogen-bond acceptors (Lipinski definition) is 1. The Bertz CT molecular complexity index is 435. The molecule has 0 unspecified atom stereocenters. The summed E-state index contributed by atoms with van der Waals surface area (Å²) in [5, 5.41) is 2.50. The smallest absolute Gasteiger partial charge is 0.0475 e. The van der Waals surface area contributed by atoms with E-state index in [1.807, 2.05) is 13.1 Å². The maximum atomic E-state index is 5.71. The van der Waals surface area contributed by atoms with Gasteiger partial charge in [-0.3, -0.25) is 0 Å². The molecule has 0 saturated carbocycles. The summed E-state index contributed by atoms with van der Waals surface area (Å²) in [6, 6.07) is 2.11. The van der Waals surface area contributed by atoms with Gasteiger partial charge in [-0.15, -0.1) is 0 Å². The molecule has 1 aliphatic rings. The molecule has 0 saturated heterocycles. The lowest BCUT2D eigenvalue weighted by Gasteiger charge is -1.89. The highest BCUT2D eigenvalue weighted by atomic mass is 14.9. The zero-order valence-corrected chi connectivity index (χ0v) is 7.12. The summed E-state index contributed by atoms with van der Waals surface area (Å²) in [5.41, 5.74) is 6.64. The number of aromatic nitrogens is 1. The Balaban J connectivity index is 2.76. The van der Waals surface area contributed by atoms with Crippen LogP contribution in [0.5, 0.6) is 0 Å². The topological polar surface area (TPSA) is 30.9 Å². The van der Waals surface area contributed by atoms with E-state index in [-0.39, 0.29) is 0 Å². The Hall–Kier alpha value is -1.44. The standard InChI is InChI=1S/C10H12N2/c1-12-7-6-8-2-3-9(11)4-5-10(8)12/h2,4-7H,3,11H2,1H3. The number of rotatable bonds is 0. The van der Waals surface area contributed by atoms with Gasteiger partial charge in [0, 0.05) is 30.7 Å². The summed E-state index contributed by atoms with van der Waals surface area (Å²) in [5.74, 6) is 0. The lowest BCUT2D eigenvalue weighted by Crippen LogP contribution is -2.26. The lowest BCUT2D eigenvalue weighted by atomic mass is 10.3. The summed E-state index contributed by atoms with van der Waals surface area (Å²) in [6.07, 6.45) is 9.11. The van der Waals surface area contributed by atoms with Crippen LogP contribution in [-0.4, -0.2) is 4.57 Å². The largest absolute Gasteiger partial charge is 0.402 e. The van der Waals surface area contributed by atoms with Gasteiger partial charge in [-0.2, -0.15) is 0 Å². The average Bonchev–Trinajstić information content (AvgIpc) is 2.28. The molecular weight excluding hydrogens is 148 g/mol. The molecule has 2 nitrogen and oxygen atoms in total. The van der Waals surface area contributed by atoms with Crippen molar-refractivity contribution >= 4 is 12.2 Å². The average molecular weight is 160 g/mol. The first-order chi connectivity index (χ1) is 5.77. The first kappa shape index (κ1) is 7.22. The highest BCUT2D eigenvalue weighted by Crippen LogP contribution is 1.95. The fourth-order valence-electron chi connectivity index (χ4n) is 1.43. The maximum Gasteiger partial charge on any atom is 0.0475 e. The first-order valence-corrected chi connectivity index (χ1v) is 4.05. The molecule has 2 heteroatoms. The molecule has 1 aliphatic carbocycles.